The molecule has 82 valence electrons. The van der Waals surface area contributed by atoms with Gasteiger partial charge in [-0.25, -0.2) is 4.79 Å². The summed E-state index contributed by atoms with van der Waals surface area (Å²) < 4.78 is 4.65. The summed E-state index contributed by atoms with van der Waals surface area (Å²) in [6, 6.07) is 7.94. The van der Waals surface area contributed by atoms with Gasteiger partial charge in [0.1, 0.15) is 0 Å². The average Bonchev–Trinajstić information content (AvgIpc) is 2.17. The standard InChI is InChI=1S/C10H11NO3.ClH/c12-10(13)14-9-5-7-3-1-2-4-8(7)6-11-9;/h1-4,9,11H,5-6H2,(H,12,13);1H. The van der Waals surface area contributed by atoms with E-state index in [9.17, 15) is 4.79 Å². The number of ether oxygens (including phenoxy) is 1. The molecule has 1 atom stereocenters. The molecule has 1 aliphatic heterocycles. The van der Waals surface area contributed by atoms with Crippen molar-refractivity contribution in [2.24, 2.45) is 0 Å². The van der Waals surface area contributed by atoms with Gasteiger partial charge in [-0.3, -0.25) is 5.32 Å². The van der Waals surface area contributed by atoms with Crippen LogP contribution in [0.5, 0.6) is 0 Å². The first-order valence-electron chi connectivity index (χ1n) is 4.45. The third-order valence-corrected chi connectivity index (χ3v) is 2.29. The highest BCUT2D eigenvalue weighted by Gasteiger charge is 2.19. The van der Waals surface area contributed by atoms with E-state index in [0.29, 0.717) is 13.0 Å². The molecule has 1 unspecified atom stereocenters. The van der Waals surface area contributed by atoms with Crippen LogP contribution in [0.25, 0.3) is 0 Å². The first kappa shape index (κ1) is 11.8. The van der Waals surface area contributed by atoms with E-state index in [2.05, 4.69) is 10.1 Å². The molecule has 0 amide bonds. The smallest absolute Gasteiger partial charge is 0.450 e. The van der Waals surface area contributed by atoms with Gasteiger partial charge < -0.3 is 9.84 Å². The summed E-state index contributed by atoms with van der Waals surface area (Å²) in [6.45, 7) is 0.661. The zero-order valence-corrected chi connectivity index (χ0v) is 8.79. The summed E-state index contributed by atoms with van der Waals surface area (Å²) in [5.74, 6) is 0. The average molecular weight is 230 g/mol. The summed E-state index contributed by atoms with van der Waals surface area (Å²) in [6.07, 6.45) is -1.05. The summed E-state index contributed by atoms with van der Waals surface area (Å²) in [7, 11) is 0. The second-order valence-corrected chi connectivity index (χ2v) is 3.23. The molecule has 0 saturated heterocycles. The molecule has 1 aromatic carbocycles. The molecule has 5 heteroatoms. The molecular weight excluding hydrogens is 218 g/mol. The van der Waals surface area contributed by atoms with Crippen molar-refractivity contribution in [1.82, 2.24) is 5.32 Å². The number of carbonyl (C=O) groups is 1. The Morgan fingerprint density at radius 1 is 1.40 bits per heavy atom. The van der Waals surface area contributed by atoms with E-state index in [1.807, 2.05) is 24.3 Å². The van der Waals surface area contributed by atoms with E-state index >= 15 is 0 Å². The van der Waals surface area contributed by atoms with E-state index in [1.54, 1.807) is 0 Å². The molecule has 2 rings (SSSR count). The Hall–Kier alpha value is -1.26. The predicted octanol–water partition coefficient (Wildman–Crippen LogP) is 1.77. The lowest BCUT2D eigenvalue weighted by molar-refractivity contribution is 0.0331. The van der Waals surface area contributed by atoms with Crippen LogP contribution < -0.4 is 5.32 Å². The van der Waals surface area contributed by atoms with E-state index < -0.39 is 12.4 Å². The molecule has 0 saturated carbocycles. The maximum absolute atomic E-state index is 10.3. The van der Waals surface area contributed by atoms with Crippen LogP contribution in [0.15, 0.2) is 24.3 Å². The van der Waals surface area contributed by atoms with Crippen molar-refractivity contribution in [1.29, 1.82) is 0 Å². The van der Waals surface area contributed by atoms with Gasteiger partial charge in [-0.05, 0) is 11.1 Å². The van der Waals surface area contributed by atoms with Gasteiger partial charge in [-0.2, -0.15) is 0 Å². The Morgan fingerprint density at radius 3 is 2.73 bits per heavy atom. The van der Waals surface area contributed by atoms with Gasteiger partial charge in [0.15, 0.2) is 6.23 Å². The van der Waals surface area contributed by atoms with Crippen molar-refractivity contribution in [3.8, 4) is 0 Å². The number of fused-ring (bicyclic) bond motifs is 1. The summed E-state index contributed by atoms with van der Waals surface area (Å²) in [5.41, 5.74) is 2.36. The molecular formula is C10H12ClNO3. The summed E-state index contributed by atoms with van der Waals surface area (Å²) in [5, 5.41) is 11.5. The second-order valence-electron chi connectivity index (χ2n) is 3.23. The highest BCUT2D eigenvalue weighted by molar-refractivity contribution is 5.85. The van der Waals surface area contributed by atoms with Crippen LogP contribution in [0, 0.1) is 0 Å². The fourth-order valence-electron chi connectivity index (χ4n) is 1.63. The normalized spacial score (nSPS) is 18.5. The number of nitrogens with one attached hydrogen (secondary N) is 1. The molecule has 0 aliphatic carbocycles. The van der Waals surface area contributed by atoms with Gasteiger partial charge in [0.2, 0.25) is 0 Å². The SMILES string of the molecule is Cl.O=C(O)OC1Cc2ccccc2CN1. The lowest BCUT2D eigenvalue weighted by Crippen LogP contribution is -2.38. The Kier molecular flexibility index (Phi) is 3.94. The van der Waals surface area contributed by atoms with Gasteiger partial charge in [0, 0.05) is 13.0 Å². The molecule has 15 heavy (non-hydrogen) atoms. The van der Waals surface area contributed by atoms with Crippen molar-refractivity contribution >= 4 is 18.6 Å². The number of hydrogen-bond donors (Lipinski definition) is 2. The predicted molar refractivity (Wildman–Crippen MR) is 57.1 cm³/mol. The molecule has 0 spiro atoms. The number of benzene rings is 1. The number of halogens is 1. The van der Waals surface area contributed by atoms with Gasteiger partial charge >= 0.3 is 6.16 Å². The Bertz CT molecular complexity index is 356. The van der Waals surface area contributed by atoms with Crippen LogP contribution >= 0.6 is 12.4 Å². The Morgan fingerprint density at radius 2 is 2.07 bits per heavy atom. The van der Waals surface area contributed by atoms with Crippen LogP contribution in [-0.2, 0) is 17.7 Å². The molecule has 0 bridgehead atoms. The third kappa shape index (κ3) is 2.84. The lowest BCUT2D eigenvalue weighted by Gasteiger charge is -2.24. The maximum Gasteiger partial charge on any atom is 0.507 e. The molecule has 1 heterocycles. The molecule has 0 fully saturated rings. The first-order chi connectivity index (χ1) is 6.75. The van der Waals surface area contributed by atoms with Gasteiger partial charge in [-0.1, -0.05) is 24.3 Å². The molecule has 2 N–H and O–H groups in total. The van der Waals surface area contributed by atoms with Crippen molar-refractivity contribution in [3.05, 3.63) is 35.4 Å². The van der Waals surface area contributed by atoms with Crippen molar-refractivity contribution < 1.29 is 14.6 Å². The molecule has 4 nitrogen and oxygen atoms in total. The Balaban J connectivity index is 0.00000112. The van der Waals surface area contributed by atoms with E-state index in [4.69, 9.17) is 5.11 Å². The third-order valence-electron chi connectivity index (χ3n) is 2.29. The van der Waals surface area contributed by atoms with Crippen LogP contribution in [0.3, 0.4) is 0 Å². The number of carboxylic acid groups (broad SMARTS) is 1. The zero-order chi connectivity index (χ0) is 9.97. The monoisotopic (exact) mass is 229 g/mol. The molecule has 1 aromatic rings. The first-order valence-corrected chi connectivity index (χ1v) is 4.45. The lowest BCUT2D eigenvalue weighted by atomic mass is 10.0. The number of rotatable bonds is 1. The van der Waals surface area contributed by atoms with Gasteiger partial charge in [0.05, 0.1) is 0 Å². The van der Waals surface area contributed by atoms with E-state index in [1.165, 1.54) is 5.56 Å². The summed E-state index contributed by atoms with van der Waals surface area (Å²) in [4.78, 5) is 10.3. The molecule has 0 aromatic heterocycles. The minimum Gasteiger partial charge on any atom is -0.450 e. The van der Waals surface area contributed by atoms with Gasteiger partial charge in [-0.15, -0.1) is 12.4 Å². The molecule has 0 radical (unpaired) electrons. The topological polar surface area (TPSA) is 58.6 Å². The maximum atomic E-state index is 10.3. The fourth-order valence-corrected chi connectivity index (χ4v) is 1.63. The minimum absolute atomic E-state index is 0. The molecule has 1 aliphatic rings. The van der Waals surface area contributed by atoms with Crippen molar-refractivity contribution in [2.45, 2.75) is 19.2 Å². The quantitative estimate of drug-likeness (QED) is 0.721. The van der Waals surface area contributed by atoms with Crippen molar-refractivity contribution in [3.63, 3.8) is 0 Å². The Labute approximate surface area is 93.7 Å². The highest BCUT2D eigenvalue weighted by atomic mass is 35.5. The minimum atomic E-state index is -1.23. The highest BCUT2D eigenvalue weighted by Crippen LogP contribution is 2.16. The largest absolute Gasteiger partial charge is 0.507 e. The van der Waals surface area contributed by atoms with Crippen LogP contribution in [0.2, 0.25) is 0 Å². The van der Waals surface area contributed by atoms with E-state index in [0.717, 1.165) is 5.56 Å². The van der Waals surface area contributed by atoms with Gasteiger partial charge in [0.25, 0.3) is 0 Å². The second kappa shape index (κ2) is 5.00. The van der Waals surface area contributed by atoms with Crippen LogP contribution in [-0.4, -0.2) is 17.5 Å². The van der Waals surface area contributed by atoms with Crippen LogP contribution in [0.1, 0.15) is 11.1 Å². The summed E-state index contributed by atoms with van der Waals surface area (Å²) >= 11 is 0. The van der Waals surface area contributed by atoms with Crippen molar-refractivity contribution in [2.75, 3.05) is 0 Å². The fraction of sp³-hybridized carbons (Fsp3) is 0.300. The number of hydrogen-bond acceptors (Lipinski definition) is 3. The zero-order valence-electron chi connectivity index (χ0n) is 7.97. The van der Waals surface area contributed by atoms with Crippen LogP contribution in [0.4, 0.5) is 4.79 Å². The van der Waals surface area contributed by atoms with E-state index in [-0.39, 0.29) is 12.4 Å².